The Bertz CT molecular complexity index is 226. The van der Waals surface area contributed by atoms with Gasteiger partial charge < -0.3 is 5.73 Å². The van der Waals surface area contributed by atoms with E-state index in [2.05, 4.69) is 13.8 Å². The van der Waals surface area contributed by atoms with E-state index in [9.17, 15) is 4.79 Å². The van der Waals surface area contributed by atoms with Crippen molar-refractivity contribution in [2.45, 2.75) is 110 Å². The molecule has 0 unspecified atom stereocenters. The summed E-state index contributed by atoms with van der Waals surface area (Å²) in [5.74, 6) is 0.722. The Labute approximate surface area is 133 Å². The number of hydrogen-bond acceptors (Lipinski definition) is 1. The van der Waals surface area contributed by atoms with E-state index < -0.39 is 0 Å². The van der Waals surface area contributed by atoms with Gasteiger partial charge in [-0.05, 0) is 12.3 Å². The molecule has 0 aliphatic carbocycles. The first-order chi connectivity index (χ1) is 10.1. The molecule has 0 radical (unpaired) electrons. The second-order valence-corrected chi connectivity index (χ2v) is 7.00. The molecular weight excluding hydrogens is 258 g/mol. The van der Waals surface area contributed by atoms with Crippen molar-refractivity contribution in [3.63, 3.8) is 0 Å². The van der Waals surface area contributed by atoms with Gasteiger partial charge in [0.2, 0.25) is 5.91 Å². The SMILES string of the molecule is CC(C)CCCCCCCCCCCCCCCC(N)=O. The number of hydrogen-bond donors (Lipinski definition) is 1. The second kappa shape index (κ2) is 15.9. The minimum Gasteiger partial charge on any atom is -0.370 e. The predicted molar refractivity (Wildman–Crippen MR) is 93.3 cm³/mol. The highest BCUT2D eigenvalue weighted by Gasteiger charge is 1.96. The summed E-state index contributed by atoms with van der Waals surface area (Å²) in [7, 11) is 0. The van der Waals surface area contributed by atoms with Crippen LogP contribution in [0.3, 0.4) is 0 Å². The molecule has 2 N–H and O–H groups in total. The highest BCUT2D eigenvalue weighted by molar-refractivity contribution is 5.73. The van der Waals surface area contributed by atoms with Gasteiger partial charge in [-0.1, -0.05) is 97.3 Å². The van der Waals surface area contributed by atoms with Crippen LogP contribution in [0.15, 0.2) is 0 Å². The van der Waals surface area contributed by atoms with Crippen LogP contribution in [0, 0.1) is 5.92 Å². The molecule has 0 aliphatic heterocycles. The molecule has 0 heterocycles. The van der Waals surface area contributed by atoms with Crippen LogP contribution in [-0.2, 0) is 4.79 Å². The Balaban J connectivity index is 2.98. The van der Waals surface area contributed by atoms with Gasteiger partial charge in [0.15, 0.2) is 0 Å². The van der Waals surface area contributed by atoms with Crippen molar-refractivity contribution in [3.8, 4) is 0 Å². The summed E-state index contributed by atoms with van der Waals surface area (Å²) < 4.78 is 0. The Kier molecular flexibility index (Phi) is 15.5. The average molecular weight is 298 g/mol. The number of nitrogens with two attached hydrogens (primary N) is 1. The molecule has 21 heavy (non-hydrogen) atoms. The molecule has 0 aromatic carbocycles. The first-order valence-corrected chi connectivity index (χ1v) is 9.41. The maximum Gasteiger partial charge on any atom is 0.217 e. The van der Waals surface area contributed by atoms with E-state index in [0.717, 1.165) is 12.3 Å². The van der Waals surface area contributed by atoms with Crippen molar-refractivity contribution < 1.29 is 4.79 Å². The lowest BCUT2D eigenvalue weighted by molar-refractivity contribution is -0.118. The van der Waals surface area contributed by atoms with Crippen LogP contribution in [0.2, 0.25) is 0 Å². The first-order valence-electron chi connectivity index (χ1n) is 9.41. The third-order valence-electron chi connectivity index (χ3n) is 4.20. The van der Waals surface area contributed by atoms with E-state index in [4.69, 9.17) is 5.73 Å². The minimum atomic E-state index is -0.154. The molecule has 0 saturated carbocycles. The van der Waals surface area contributed by atoms with E-state index >= 15 is 0 Å². The normalized spacial score (nSPS) is 11.2. The van der Waals surface area contributed by atoms with E-state index in [0.29, 0.717) is 6.42 Å². The molecule has 0 fully saturated rings. The average Bonchev–Trinajstić information content (AvgIpc) is 2.42. The third-order valence-corrected chi connectivity index (χ3v) is 4.20. The van der Waals surface area contributed by atoms with Crippen molar-refractivity contribution in [1.82, 2.24) is 0 Å². The summed E-state index contributed by atoms with van der Waals surface area (Å²) in [5.41, 5.74) is 5.11. The van der Waals surface area contributed by atoms with Gasteiger partial charge in [0.25, 0.3) is 0 Å². The van der Waals surface area contributed by atoms with Gasteiger partial charge in [-0.3, -0.25) is 4.79 Å². The second-order valence-electron chi connectivity index (χ2n) is 7.00. The van der Waals surface area contributed by atoms with Crippen LogP contribution in [0.4, 0.5) is 0 Å². The molecule has 0 rings (SSSR count). The quantitative estimate of drug-likeness (QED) is 0.350. The Morgan fingerprint density at radius 3 is 1.33 bits per heavy atom. The molecule has 0 atom stereocenters. The monoisotopic (exact) mass is 297 g/mol. The van der Waals surface area contributed by atoms with E-state index in [-0.39, 0.29) is 5.91 Å². The maximum atomic E-state index is 10.6. The van der Waals surface area contributed by atoms with Crippen LogP contribution >= 0.6 is 0 Å². The minimum absolute atomic E-state index is 0.154. The highest BCUT2D eigenvalue weighted by atomic mass is 16.1. The van der Waals surface area contributed by atoms with Crippen LogP contribution in [0.25, 0.3) is 0 Å². The van der Waals surface area contributed by atoms with Crippen molar-refractivity contribution in [2.24, 2.45) is 11.7 Å². The van der Waals surface area contributed by atoms with Gasteiger partial charge in [0.05, 0.1) is 0 Å². The van der Waals surface area contributed by atoms with Crippen LogP contribution < -0.4 is 5.73 Å². The van der Waals surface area contributed by atoms with Crippen molar-refractivity contribution in [1.29, 1.82) is 0 Å². The van der Waals surface area contributed by atoms with Gasteiger partial charge in [0.1, 0.15) is 0 Å². The molecule has 0 aliphatic rings. The molecule has 126 valence electrons. The van der Waals surface area contributed by atoms with Crippen LogP contribution in [-0.4, -0.2) is 5.91 Å². The van der Waals surface area contributed by atoms with Crippen LogP contribution in [0.1, 0.15) is 110 Å². The first kappa shape index (κ1) is 20.5. The lowest BCUT2D eigenvalue weighted by Crippen LogP contribution is -2.09. The Morgan fingerprint density at radius 1 is 0.667 bits per heavy atom. The van der Waals surface area contributed by atoms with Crippen LogP contribution in [0.5, 0.6) is 0 Å². The molecule has 2 heteroatoms. The third kappa shape index (κ3) is 19.5. The number of rotatable bonds is 16. The van der Waals surface area contributed by atoms with Crippen molar-refractivity contribution >= 4 is 5.91 Å². The lowest BCUT2D eigenvalue weighted by Gasteiger charge is -2.04. The van der Waals surface area contributed by atoms with Gasteiger partial charge in [-0.25, -0.2) is 0 Å². The van der Waals surface area contributed by atoms with Crippen molar-refractivity contribution in [3.05, 3.63) is 0 Å². The van der Waals surface area contributed by atoms with E-state index in [1.807, 2.05) is 0 Å². The summed E-state index contributed by atoms with van der Waals surface area (Å²) in [4.78, 5) is 10.6. The summed E-state index contributed by atoms with van der Waals surface area (Å²) >= 11 is 0. The fraction of sp³-hybridized carbons (Fsp3) is 0.947. The maximum absolute atomic E-state index is 10.6. The lowest BCUT2D eigenvalue weighted by atomic mass is 10.0. The van der Waals surface area contributed by atoms with Gasteiger partial charge in [0, 0.05) is 6.42 Å². The summed E-state index contributed by atoms with van der Waals surface area (Å²) in [5, 5.41) is 0. The Hall–Kier alpha value is -0.530. The zero-order valence-electron chi connectivity index (χ0n) is 14.7. The smallest absolute Gasteiger partial charge is 0.217 e. The number of unbranched alkanes of at least 4 members (excludes halogenated alkanes) is 12. The fourth-order valence-electron chi connectivity index (χ4n) is 2.80. The van der Waals surface area contributed by atoms with Crippen molar-refractivity contribution in [2.75, 3.05) is 0 Å². The molecular formula is C19H39NO. The summed E-state index contributed by atoms with van der Waals surface area (Å²) in [6, 6.07) is 0. The van der Waals surface area contributed by atoms with Gasteiger partial charge in [-0.2, -0.15) is 0 Å². The molecule has 0 bridgehead atoms. The molecule has 1 amide bonds. The molecule has 2 nitrogen and oxygen atoms in total. The topological polar surface area (TPSA) is 43.1 Å². The standard InChI is InChI=1S/C19H39NO/c1-18(2)16-14-12-10-8-6-4-3-5-7-9-11-13-15-17-19(20)21/h18H,3-17H2,1-2H3,(H2,20,21). The fourth-order valence-corrected chi connectivity index (χ4v) is 2.80. The summed E-state index contributed by atoms with van der Waals surface area (Å²) in [6.07, 6.45) is 19.5. The summed E-state index contributed by atoms with van der Waals surface area (Å²) in [6.45, 7) is 4.63. The highest BCUT2D eigenvalue weighted by Crippen LogP contribution is 2.14. The molecule has 0 aromatic heterocycles. The number of primary amides is 1. The van der Waals surface area contributed by atoms with E-state index in [1.54, 1.807) is 0 Å². The molecule has 0 saturated heterocycles. The molecule has 0 aromatic rings. The number of carbonyl (C=O) groups excluding carboxylic acids is 1. The van der Waals surface area contributed by atoms with E-state index in [1.165, 1.54) is 83.5 Å². The number of amides is 1. The van der Waals surface area contributed by atoms with Gasteiger partial charge in [-0.15, -0.1) is 0 Å². The largest absolute Gasteiger partial charge is 0.370 e. The Morgan fingerprint density at radius 2 is 1.00 bits per heavy atom. The van der Waals surface area contributed by atoms with Gasteiger partial charge >= 0.3 is 0 Å². The number of carbonyl (C=O) groups is 1. The predicted octanol–water partition coefficient (Wildman–Crippen LogP) is 5.98. The zero-order valence-corrected chi connectivity index (χ0v) is 14.7. The zero-order chi connectivity index (χ0) is 15.8. The molecule has 0 spiro atoms.